The highest BCUT2D eigenvalue weighted by atomic mass is 16.6. The van der Waals surface area contributed by atoms with Gasteiger partial charge < -0.3 is 4.74 Å². The highest BCUT2D eigenvalue weighted by Crippen LogP contribution is 2.23. The Hall–Kier alpha value is -2.33. The third-order valence-electron chi connectivity index (χ3n) is 3.08. The molecule has 0 heterocycles. The summed E-state index contributed by atoms with van der Waals surface area (Å²) >= 11 is 0. The molecule has 3 N–H and O–H groups in total. The van der Waals surface area contributed by atoms with Crippen molar-refractivity contribution in [2.75, 3.05) is 0 Å². The molecule has 0 aliphatic carbocycles. The molecule has 0 radical (unpaired) electrons. The Morgan fingerprint density at radius 1 is 1.05 bits per heavy atom. The van der Waals surface area contributed by atoms with E-state index >= 15 is 0 Å². The molecule has 0 fully saturated rings. The van der Waals surface area contributed by atoms with Crippen LogP contribution in [-0.4, -0.2) is 6.09 Å². The molecular weight excluding hydrogens is 252 g/mol. The first kappa shape index (κ1) is 14.1. The van der Waals surface area contributed by atoms with Gasteiger partial charge in [-0.1, -0.05) is 60.7 Å². The molecule has 1 atom stereocenters. The van der Waals surface area contributed by atoms with Crippen LogP contribution in [0.15, 0.2) is 60.7 Å². The van der Waals surface area contributed by atoms with E-state index < -0.39 is 6.09 Å². The smallest absolute Gasteiger partial charge is 0.422 e. The van der Waals surface area contributed by atoms with Crippen molar-refractivity contribution >= 4 is 6.09 Å². The van der Waals surface area contributed by atoms with Gasteiger partial charge in [0.1, 0.15) is 6.10 Å². The average Bonchev–Trinajstić information content (AvgIpc) is 2.53. The molecule has 1 amide bonds. The second kappa shape index (κ2) is 7.31. The first-order chi connectivity index (χ1) is 9.79. The van der Waals surface area contributed by atoms with Crippen molar-refractivity contribution in [2.45, 2.75) is 18.9 Å². The number of hydrogen-bond donors (Lipinski definition) is 2. The average molecular weight is 270 g/mol. The Morgan fingerprint density at radius 3 is 2.25 bits per heavy atom. The van der Waals surface area contributed by atoms with Gasteiger partial charge in [-0.3, -0.25) is 5.43 Å². The van der Waals surface area contributed by atoms with Crippen LogP contribution >= 0.6 is 0 Å². The van der Waals surface area contributed by atoms with Gasteiger partial charge in [-0.25, -0.2) is 10.6 Å². The number of nitrogens with one attached hydrogen (secondary N) is 1. The number of nitrogens with two attached hydrogens (primary N) is 1. The minimum Gasteiger partial charge on any atom is -0.440 e. The van der Waals surface area contributed by atoms with Gasteiger partial charge in [0.2, 0.25) is 0 Å². The third kappa shape index (κ3) is 4.10. The minimum atomic E-state index is -0.619. The van der Waals surface area contributed by atoms with Crippen molar-refractivity contribution < 1.29 is 9.53 Å². The maximum absolute atomic E-state index is 11.3. The molecule has 104 valence electrons. The minimum absolute atomic E-state index is 0.306. The lowest BCUT2D eigenvalue weighted by Crippen LogP contribution is -2.32. The molecule has 20 heavy (non-hydrogen) atoms. The van der Waals surface area contributed by atoms with Gasteiger partial charge in [0.25, 0.3) is 0 Å². The molecule has 1 unspecified atom stereocenters. The van der Waals surface area contributed by atoms with E-state index in [9.17, 15) is 4.79 Å². The molecule has 0 aliphatic rings. The molecule has 0 saturated carbocycles. The number of aryl methyl sites for hydroxylation is 1. The molecule has 4 heteroatoms. The van der Waals surface area contributed by atoms with Crippen molar-refractivity contribution in [3.8, 4) is 0 Å². The van der Waals surface area contributed by atoms with Crippen LogP contribution in [0, 0.1) is 0 Å². The van der Waals surface area contributed by atoms with Crippen LogP contribution in [0.5, 0.6) is 0 Å². The van der Waals surface area contributed by atoms with Gasteiger partial charge in [-0.2, -0.15) is 0 Å². The first-order valence-corrected chi connectivity index (χ1v) is 6.55. The van der Waals surface area contributed by atoms with Crippen LogP contribution < -0.4 is 11.3 Å². The first-order valence-electron chi connectivity index (χ1n) is 6.55. The Balaban J connectivity index is 2.05. The fourth-order valence-electron chi connectivity index (χ4n) is 2.07. The van der Waals surface area contributed by atoms with Gasteiger partial charge in [0, 0.05) is 0 Å². The maximum Gasteiger partial charge on any atom is 0.422 e. The van der Waals surface area contributed by atoms with E-state index in [4.69, 9.17) is 10.6 Å². The molecule has 0 spiro atoms. The van der Waals surface area contributed by atoms with Crippen molar-refractivity contribution in [3.05, 3.63) is 71.8 Å². The van der Waals surface area contributed by atoms with Crippen LogP contribution in [0.1, 0.15) is 23.7 Å². The Bertz CT molecular complexity index is 529. The summed E-state index contributed by atoms with van der Waals surface area (Å²) in [5.41, 5.74) is 4.18. The van der Waals surface area contributed by atoms with Crippen molar-refractivity contribution in [1.82, 2.24) is 5.43 Å². The van der Waals surface area contributed by atoms with E-state index in [-0.39, 0.29) is 6.10 Å². The van der Waals surface area contributed by atoms with Gasteiger partial charge in [0.05, 0.1) is 0 Å². The van der Waals surface area contributed by atoms with E-state index in [0.717, 1.165) is 12.0 Å². The lowest BCUT2D eigenvalue weighted by atomic mass is 10.0. The fraction of sp³-hybridized carbons (Fsp3) is 0.188. The number of amides is 1. The number of ether oxygens (including phenoxy) is 1. The highest BCUT2D eigenvalue weighted by Gasteiger charge is 2.15. The van der Waals surface area contributed by atoms with Crippen LogP contribution in [0.25, 0.3) is 0 Å². The van der Waals surface area contributed by atoms with Gasteiger partial charge >= 0.3 is 6.09 Å². The molecule has 0 aliphatic heterocycles. The zero-order valence-corrected chi connectivity index (χ0v) is 11.2. The molecule has 4 nitrogen and oxygen atoms in total. The van der Waals surface area contributed by atoms with Crippen LogP contribution in [0.3, 0.4) is 0 Å². The number of hydrazine groups is 1. The molecule has 0 aromatic heterocycles. The predicted molar refractivity (Wildman–Crippen MR) is 77.8 cm³/mol. The number of hydrogen-bond acceptors (Lipinski definition) is 3. The van der Waals surface area contributed by atoms with E-state index in [2.05, 4.69) is 12.1 Å². The lowest BCUT2D eigenvalue weighted by Gasteiger charge is -2.18. The van der Waals surface area contributed by atoms with E-state index in [0.29, 0.717) is 6.42 Å². The second-order valence-electron chi connectivity index (χ2n) is 4.47. The second-order valence-corrected chi connectivity index (χ2v) is 4.47. The van der Waals surface area contributed by atoms with E-state index in [1.807, 2.05) is 54.0 Å². The van der Waals surface area contributed by atoms with Crippen LogP contribution in [0.2, 0.25) is 0 Å². The molecular formula is C16H18N2O2. The van der Waals surface area contributed by atoms with Gasteiger partial charge in [-0.05, 0) is 24.0 Å². The molecule has 0 bridgehead atoms. The summed E-state index contributed by atoms with van der Waals surface area (Å²) in [6.45, 7) is 0. The summed E-state index contributed by atoms with van der Waals surface area (Å²) in [5.74, 6) is 5.08. The summed E-state index contributed by atoms with van der Waals surface area (Å²) in [6, 6.07) is 19.8. The zero-order chi connectivity index (χ0) is 14.2. The number of benzene rings is 2. The van der Waals surface area contributed by atoms with Crippen LogP contribution in [-0.2, 0) is 11.2 Å². The normalized spacial score (nSPS) is 11.7. The fourth-order valence-corrected chi connectivity index (χ4v) is 2.07. The third-order valence-corrected chi connectivity index (χ3v) is 3.08. The largest absolute Gasteiger partial charge is 0.440 e. The van der Waals surface area contributed by atoms with Crippen LogP contribution in [0.4, 0.5) is 4.79 Å². The van der Waals surface area contributed by atoms with Crippen molar-refractivity contribution in [1.29, 1.82) is 0 Å². The number of carbonyl (C=O) groups is 1. The van der Waals surface area contributed by atoms with Crippen molar-refractivity contribution in [2.24, 2.45) is 5.84 Å². The van der Waals surface area contributed by atoms with Gasteiger partial charge in [0.15, 0.2) is 0 Å². The zero-order valence-electron chi connectivity index (χ0n) is 11.2. The van der Waals surface area contributed by atoms with Crippen molar-refractivity contribution in [3.63, 3.8) is 0 Å². The summed E-state index contributed by atoms with van der Waals surface area (Å²) < 4.78 is 5.33. The molecule has 2 aromatic rings. The predicted octanol–water partition coefficient (Wildman–Crippen LogP) is 2.96. The standard InChI is InChI=1S/C16H18N2O2/c17-18-16(19)20-15(14-9-5-2-6-10-14)12-11-13-7-3-1-4-8-13/h1-10,15H,11-12,17H2,(H,18,19). The highest BCUT2D eigenvalue weighted by molar-refractivity contribution is 5.66. The Labute approximate surface area is 118 Å². The summed E-state index contributed by atoms with van der Waals surface area (Å²) in [7, 11) is 0. The summed E-state index contributed by atoms with van der Waals surface area (Å²) in [5, 5.41) is 0. The van der Waals surface area contributed by atoms with Gasteiger partial charge in [-0.15, -0.1) is 0 Å². The molecule has 2 aromatic carbocycles. The van der Waals surface area contributed by atoms with E-state index in [1.54, 1.807) is 0 Å². The lowest BCUT2D eigenvalue weighted by molar-refractivity contribution is 0.0927. The SMILES string of the molecule is NNC(=O)OC(CCc1ccccc1)c1ccccc1. The quantitative estimate of drug-likeness (QED) is 0.499. The summed E-state index contributed by atoms with van der Waals surface area (Å²) in [4.78, 5) is 11.3. The number of carbonyl (C=O) groups excluding carboxylic acids is 1. The molecule has 0 saturated heterocycles. The van der Waals surface area contributed by atoms with E-state index in [1.165, 1.54) is 5.56 Å². The summed E-state index contributed by atoms with van der Waals surface area (Å²) in [6.07, 6.45) is 0.617. The Kier molecular flexibility index (Phi) is 5.15. The number of rotatable bonds is 5. The maximum atomic E-state index is 11.3. The Morgan fingerprint density at radius 2 is 1.65 bits per heavy atom. The monoisotopic (exact) mass is 270 g/mol. The molecule has 2 rings (SSSR count). The topological polar surface area (TPSA) is 64.3 Å².